The van der Waals surface area contributed by atoms with Gasteiger partial charge in [-0.3, -0.25) is 0 Å². The Morgan fingerprint density at radius 3 is 2.75 bits per heavy atom. The summed E-state index contributed by atoms with van der Waals surface area (Å²) in [5.74, 6) is 0.690. The van der Waals surface area contributed by atoms with Gasteiger partial charge in [-0.15, -0.1) is 24.0 Å². The minimum Gasteiger partial charge on any atom is -0.202 e. The van der Waals surface area contributed by atoms with Crippen LogP contribution >= 0.6 is 47.1 Å². The smallest absolute Gasteiger partial charge is 0.202 e. The summed E-state index contributed by atoms with van der Waals surface area (Å²) in [6.45, 7) is 0. The molecule has 0 aliphatic rings. The molecule has 0 saturated heterocycles. The standard InChI is InChI=1S/C6H3ClN2S3/c7-6-8-5(9-12-6)3-1-2-4(10)11-3/h1-2,10H. The number of rotatable bonds is 1. The Morgan fingerprint density at radius 2 is 2.25 bits per heavy atom. The lowest BCUT2D eigenvalue weighted by Crippen LogP contribution is -1.71. The number of hydrogen-bond donors (Lipinski definition) is 1. The third-order valence-corrected chi connectivity index (χ3v) is 3.32. The van der Waals surface area contributed by atoms with Gasteiger partial charge in [0.1, 0.15) is 0 Å². The third kappa shape index (κ3) is 1.64. The van der Waals surface area contributed by atoms with E-state index < -0.39 is 0 Å². The maximum atomic E-state index is 5.65. The fraction of sp³-hybridized carbons (Fsp3) is 0. The van der Waals surface area contributed by atoms with Gasteiger partial charge in [0.2, 0.25) is 4.47 Å². The highest BCUT2D eigenvalue weighted by atomic mass is 35.5. The SMILES string of the molecule is Sc1ccc(-c2nsc(Cl)n2)s1. The van der Waals surface area contributed by atoms with Crippen molar-refractivity contribution in [2.24, 2.45) is 0 Å². The van der Waals surface area contributed by atoms with E-state index >= 15 is 0 Å². The summed E-state index contributed by atoms with van der Waals surface area (Å²) in [4.78, 5) is 5.05. The summed E-state index contributed by atoms with van der Waals surface area (Å²) in [6, 6.07) is 3.85. The molecule has 6 heteroatoms. The van der Waals surface area contributed by atoms with Crippen LogP contribution in [0.1, 0.15) is 0 Å². The number of thiol groups is 1. The van der Waals surface area contributed by atoms with E-state index in [-0.39, 0.29) is 0 Å². The van der Waals surface area contributed by atoms with Crippen LogP contribution in [0.15, 0.2) is 16.3 Å². The Balaban J connectivity index is 2.43. The van der Waals surface area contributed by atoms with E-state index in [0.29, 0.717) is 10.3 Å². The molecule has 0 radical (unpaired) electrons. The zero-order valence-electron chi connectivity index (χ0n) is 5.69. The maximum Gasteiger partial charge on any atom is 0.203 e. The second-order valence-corrected chi connectivity index (χ2v) is 5.21. The van der Waals surface area contributed by atoms with E-state index in [1.54, 1.807) is 11.3 Å². The van der Waals surface area contributed by atoms with E-state index in [0.717, 1.165) is 9.09 Å². The van der Waals surface area contributed by atoms with E-state index in [2.05, 4.69) is 22.0 Å². The summed E-state index contributed by atoms with van der Waals surface area (Å²) < 4.78 is 5.50. The molecular formula is C6H3ClN2S3. The van der Waals surface area contributed by atoms with Gasteiger partial charge in [-0.05, 0) is 35.3 Å². The molecule has 0 bridgehead atoms. The zero-order valence-corrected chi connectivity index (χ0v) is 8.97. The Labute approximate surface area is 87.8 Å². The largest absolute Gasteiger partial charge is 0.203 e. The van der Waals surface area contributed by atoms with E-state index in [1.165, 1.54) is 11.5 Å². The first kappa shape index (κ1) is 8.50. The Bertz CT molecular complexity index is 357. The zero-order chi connectivity index (χ0) is 8.55. The lowest BCUT2D eigenvalue weighted by molar-refractivity contribution is 1.35. The average molecular weight is 235 g/mol. The Morgan fingerprint density at radius 1 is 1.42 bits per heavy atom. The van der Waals surface area contributed by atoms with Crippen molar-refractivity contribution in [1.29, 1.82) is 0 Å². The van der Waals surface area contributed by atoms with Crippen LogP contribution in [0.2, 0.25) is 4.47 Å². The predicted octanol–water partition coefficient (Wildman–Crippen LogP) is 3.21. The third-order valence-electron chi connectivity index (χ3n) is 1.21. The second kappa shape index (κ2) is 3.33. The van der Waals surface area contributed by atoms with Crippen molar-refractivity contribution in [3.05, 3.63) is 16.6 Å². The minimum absolute atomic E-state index is 0.471. The molecule has 0 fully saturated rings. The van der Waals surface area contributed by atoms with Gasteiger partial charge in [0.25, 0.3) is 0 Å². The van der Waals surface area contributed by atoms with Gasteiger partial charge in [0, 0.05) is 0 Å². The van der Waals surface area contributed by atoms with Gasteiger partial charge in [0.05, 0.1) is 9.09 Å². The quantitative estimate of drug-likeness (QED) is 0.767. The summed E-state index contributed by atoms with van der Waals surface area (Å²) >= 11 is 12.6. The van der Waals surface area contributed by atoms with Crippen molar-refractivity contribution in [1.82, 2.24) is 9.36 Å². The molecule has 0 saturated carbocycles. The summed E-state index contributed by atoms with van der Waals surface area (Å²) in [7, 11) is 0. The molecule has 2 aromatic heterocycles. The highest BCUT2D eigenvalue weighted by Gasteiger charge is 2.06. The molecule has 2 nitrogen and oxygen atoms in total. The molecule has 0 aliphatic heterocycles. The normalized spacial score (nSPS) is 10.5. The van der Waals surface area contributed by atoms with Crippen LogP contribution in [0.4, 0.5) is 0 Å². The molecule has 2 aromatic rings. The fourth-order valence-corrected chi connectivity index (χ4v) is 2.47. The van der Waals surface area contributed by atoms with E-state index in [1.807, 2.05) is 12.1 Å². The maximum absolute atomic E-state index is 5.65. The molecule has 0 N–H and O–H groups in total. The second-order valence-electron chi connectivity index (χ2n) is 2.01. The van der Waals surface area contributed by atoms with Crippen molar-refractivity contribution >= 4 is 47.1 Å². The molecule has 0 atom stereocenters. The van der Waals surface area contributed by atoms with Crippen LogP contribution < -0.4 is 0 Å². The Hall–Kier alpha value is -0.100. The monoisotopic (exact) mass is 234 g/mol. The predicted molar refractivity (Wildman–Crippen MR) is 55.5 cm³/mol. The fourth-order valence-electron chi connectivity index (χ4n) is 0.753. The van der Waals surface area contributed by atoms with Gasteiger partial charge < -0.3 is 0 Å². The molecule has 0 spiro atoms. The minimum atomic E-state index is 0.471. The molecule has 0 amide bonds. The van der Waals surface area contributed by atoms with Gasteiger partial charge >= 0.3 is 0 Å². The molecule has 2 rings (SSSR count). The molecule has 12 heavy (non-hydrogen) atoms. The highest BCUT2D eigenvalue weighted by molar-refractivity contribution is 7.83. The van der Waals surface area contributed by atoms with Crippen LogP contribution in [0.25, 0.3) is 10.7 Å². The van der Waals surface area contributed by atoms with Gasteiger partial charge in [0.15, 0.2) is 5.82 Å². The van der Waals surface area contributed by atoms with Crippen LogP contribution in [-0.2, 0) is 0 Å². The first-order chi connectivity index (χ1) is 5.75. The van der Waals surface area contributed by atoms with Crippen LogP contribution in [0.5, 0.6) is 0 Å². The van der Waals surface area contributed by atoms with Crippen molar-refractivity contribution in [3.8, 4) is 10.7 Å². The van der Waals surface area contributed by atoms with Crippen molar-refractivity contribution in [2.45, 2.75) is 4.21 Å². The molecule has 0 aromatic carbocycles. The van der Waals surface area contributed by atoms with Gasteiger partial charge in [-0.1, -0.05) is 0 Å². The Kier molecular flexibility index (Phi) is 2.36. The average Bonchev–Trinajstić information content (AvgIpc) is 2.58. The highest BCUT2D eigenvalue weighted by Crippen LogP contribution is 2.29. The molecular weight excluding hydrogens is 232 g/mol. The lowest BCUT2D eigenvalue weighted by Gasteiger charge is -1.83. The number of aromatic nitrogens is 2. The summed E-state index contributed by atoms with van der Waals surface area (Å²) in [5, 5.41) is 0. The number of halogens is 1. The topological polar surface area (TPSA) is 25.8 Å². The molecule has 2 heterocycles. The van der Waals surface area contributed by atoms with Crippen LogP contribution in [0.3, 0.4) is 0 Å². The summed E-state index contributed by atoms with van der Waals surface area (Å²) in [5.41, 5.74) is 0. The molecule has 0 aliphatic carbocycles. The molecule has 0 unspecified atom stereocenters. The van der Waals surface area contributed by atoms with Crippen molar-refractivity contribution in [3.63, 3.8) is 0 Å². The van der Waals surface area contributed by atoms with Crippen LogP contribution in [-0.4, -0.2) is 9.36 Å². The first-order valence-electron chi connectivity index (χ1n) is 3.04. The number of hydrogen-bond acceptors (Lipinski definition) is 5. The van der Waals surface area contributed by atoms with Crippen molar-refractivity contribution < 1.29 is 0 Å². The first-order valence-corrected chi connectivity index (χ1v) is 5.45. The molecule has 62 valence electrons. The number of nitrogens with zero attached hydrogens (tertiary/aromatic N) is 2. The lowest BCUT2D eigenvalue weighted by atomic mass is 10.4. The van der Waals surface area contributed by atoms with Crippen LogP contribution in [0, 0.1) is 0 Å². The number of thiophene rings is 1. The van der Waals surface area contributed by atoms with Gasteiger partial charge in [-0.25, -0.2) is 4.98 Å². The summed E-state index contributed by atoms with van der Waals surface area (Å²) in [6.07, 6.45) is 0. The van der Waals surface area contributed by atoms with E-state index in [9.17, 15) is 0 Å². The van der Waals surface area contributed by atoms with E-state index in [4.69, 9.17) is 11.6 Å². The van der Waals surface area contributed by atoms with Crippen molar-refractivity contribution in [2.75, 3.05) is 0 Å². The van der Waals surface area contributed by atoms with Gasteiger partial charge in [-0.2, -0.15) is 4.37 Å².